The highest BCUT2D eigenvalue weighted by Crippen LogP contribution is 2.41. The van der Waals surface area contributed by atoms with Gasteiger partial charge in [0.2, 0.25) is 0 Å². The van der Waals surface area contributed by atoms with Crippen molar-refractivity contribution in [1.82, 2.24) is 0 Å². The minimum Gasteiger partial charge on any atom is -0.467 e. The van der Waals surface area contributed by atoms with Crippen LogP contribution in [0, 0.1) is 12.8 Å². The Kier molecular flexibility index (Phi) is 4.25. The molecule has 0 saturated heterocycles. The van der Waals surface area contributed by atoms with Crippen molar-refractivity contribution in [3.8, 4) is 0 Å². The van der Waals surface area contributed by atoms with Gasteiger partial charge >= 0.3 is 5.97 Å². The third kappa shape index (κ3) is 2.52. The minimum atomic E-state index is -1.50. The Balaban J connectivity index is 2.45. The number of aliphatic hydroxyl groups is 1. The lowest BCUT2D eigenvalue weighted by Crippen LogP contribution is -2.45. The first-order valence-electron chi connectivity index (χ1n) is 6.97. The van der Waals surface area contributed by atoms with E-state index in [1.165, 1.54) is 13.5 Å². The molecule has 1 N–H and O–H groups in total. The number of carbonyl (C=O) groups is 1. The van der Waals surface area contributed by atoms with Gasteiger partial charge in [-0.25, -0.2) is 4.79 Å². The molecular weight excluding hydrogens is 240 g/mol. The fourth-order valence-corrected chi connectivity index (χ4v) is 3.17. The number of aryl methyl sites for hydroxylation is 1. The molecular formula is C16H22O3. The van der Waals surface area contributed by atoms with Crippen LogP contribution in [0.4, 0.5) is 0 Å². The first-order valence-corrected chi connectivity index (χ1v) is 6.97. The molecule has 1 atom stereocenters. The third-order valence-corrected chi connectivity index (χ3v) is 4.25. The molecule has 3 nitrogen and oxygen atoms in total. The fraction of sp³-hybridized carbons (Fsp3) is 0.562. The van der Waals surface area contributed by atoms with Gasteiger partial charge in [0.05, 0.1) is 7.11 Å². The summed E-state index contributed by atoms with van der Waals surface area (Å²) in [5, 5.41) is 11.1. The molecule has 2 rings (SSSR count). The van der Waals surface area contributed by atoms with Gasteiger partial charge in [0, 0.05) is 5.92 Å². The predicted octanol–water partition coefficient (Wildman–Crippen LogP) is 2.94. The summed E-state index contributed by atoms with van der Waals surface area (Å²) in [5.74, 6) is -0.580. The van der Waals surface area contributed by atoms with Crippen LogP contribution in [0.3, 0.4) is 0 Å². The van der Waals surface area contributed by atoms with Crippen molar-refractivity contribution in [1.29, 1.82) is 0 Å². The van der Waals surface area contributed by atoms with Crippen molar-refractivity contribution >= 4 is 5.97 Å². The maximum atomic E-state index is 12.2. The van der Waals surface area contributed by atoms with Crippen LogP contribution in [-0.4, -0.2) is 18.2 Å². The van der Waals surface area contributed by atoms with Crippen molar-refractivity contribution in [3.05, 3.63) is 35.4 Å². The Morgan fingerprint density at radius 1 is 1.26 bits per heavy atom. The van der Waals surface area contributed by atoms with Crippen molar-refractivity contribution < 1.29 is 14.6 Å². The number of benzene rings is 1. The van der Waals surface area contributed by atoms with E-state index < -0.39 is 11.6 Å². The zero-order chi connectivity index (χ0) is 13.9. The van der Waals surface area contributed by atoms with Gasteiger partial charge in [-0.05, 0) is 30.9 Å². The summed E-state index contributed by atoms with van der Waals surface area (Å²) in [5.41, 5.74) is 0.121. The fourth-order valence-electron chi connectivity index (χ4n) is 3.17. The summed E-state index contributed by atoms with van der Waals surface area (Å²) in [6, 6.07) is 7.53. The molecule has 1 aromatic rings. The second-order valence-electron chi connectivity index (χ2n) is 5.41. The molecule has 0 aliphatic heterocycles. The summed E-state index contributed by atoms with van der Waals surface area (Å²) in [4.78, 5) is 12.2. The van der Waals surface area contributed by atoms with E-state index in [1.807, 2.05) is 31.2 Å². The minimum absolute atomic E-state index is 0.0465. The lowest BCUT2D eigenvalue weighted by atomic mass is 9.72. The van der Waals surface area contributed by atoms with E-state index in [9.17, 15) is 9.90 Å². The molecule has 104 valence electrons. The second-order valence-corrected chi connectivity index (χ2v) is 5.41. The first-order chi connectivity index (χ1) is 9.10. The van der Waals surface area contributed by atoms with Crippen LogP contribution in [0.1, 0.15) is 43.2 Å². The number of ether oxygens (including phenoxy) is 1. The highest BCUT2D eigenvalue weighted by molar-refractivity contribution is 5.82. The number of rotatable bonds is 3. The second kappa shape index (κ2) is 5.74. The van der Waals surface area contributed by atoms with Gasteiger partial charge in [-0.2, -0.15) is 0 Å². The maximum absolute atomic E-state index is 12.2. The highest BCUT2D eigenvalue weighted by Gasteiger charge is 2.47. The average molecular weight is 262 g/mol. The molecule has 0 amide bonds. The van der Waals surface area contributed by atoms with Crippen LogP contribution < -0.4 is 0 Å². The summed E-state index contributed by atoms with van der Waals surface area (Å²) >= 11 is 0. The lowest BCUT2D eigenvalue weighted by Gasteiger charge is -2.37. The predicted molar refractivity (Wildman–Crippen MR) is 73.7 cm³/mol. The molecule has 1 saturated carbocycles. The Hall–Kier alpha value is -1.35. The SMILES string of the molecule is COC(=O)C(O)(c1ccccc1C)C1CCCCC1. The van der Waals surface area contributed by atoms with Gasteiger partial charge in [-0.15, -0.1) is 0 Å². The van der Waals surface area contributed by atoms with Gasteiger partial charge in [0.25, 0.3) is 0 Å². The Labute approximate surface area is 114 Å². The number of methoxy groups -OCH3 is 1. The molecule has 1 unspecified atom stereocenters. The van der Waals surface area contributed by atoms with Crippen LogP contribution in [0.5, 0.6) is 0 Å². The summed E-state index contributed by atoms with van der Waals surface area (Å²) < 4.78 is 4.89. The van der Waals surface area contributed by atoms with E-state index in [0.29, 0.717) is 5.56 Å². The lowest BCUT2D eigenvalue weighted by molar-refractivity contribution is -0.172. The van der Waals surface area contributed by atoms with Crippen LogP contribution in [-0.2, 0) is 15.1 Å². The third-order valence-electron chi connectivity index (χ3n) is 4.25. The van der Waals surface area contributed by atoms with E-state index in [4.69, 9.17) is 4.74 Å². The smallest absolute Gasteiger partial charge is 0.342 e. The van der Waals surface area contributed by atoms with E-state index >= 15 is 0 Å². The normalized spacial score (nSPS) is 19.7. The van der Waals surface area contributed by atoms with E-state index in [-0.39, 0.29) is 5.92 Å². The standard InChI is InChI=1S/C16H22O3/c1-12-8-6-7-11-14(12)16(18,15(17)19-2)13-9-4-3-5-10-13/h6-8,11,13,18H,3-5,9-10H2,1-2H3. The van der Waals surface area contributed by atoms with Crippen LogP contribution in [0.25, 0.3) is 0 Å². The van der Waals surface area contributed by atoms with Crippen molar-refractivity contribution in [2.45, 2.75) is 44.6 Å². The van der Waals surface area contributed by atoms with Gasteiger partial charge in [-0.1, -0.05) is 43.5 Å². The highest BCUT2D eigenvalue weighted by atomic mass is 16.5. The van der Waals surface area contributed by atoms with Crippen molar-refractivity contribution in [2.75, 3.05) is 7.11 Å². The van der Waals surface area contributed by atoms with Gasteiger partial charge < -0.3 is 9.84 Å². The van der Waals surface area contributed by atoms with E-state index in [2.05, 4.69) is 0 Å². The molecule has 1 aliphatic carbocycles. The van der Waals surface area contributed by atoms with Gasteiger partial charge in [0.15, 0.2) is 5.60 Å². The molecule has 0 bridgehead atoms. The molecule has 3 heteroatoms. The maximum Gasteiger partial charge on any atom is 0.342 e. The first kappa shape index (κ1) is 14.1. The summed E-state index contributed by atoms with van der Waals surface area (Å²) in [7, 11) is 1.34. The van der Waals surface area contributed by atoms with Crippen LogP contribution in [0.2, 0.25) is 0 Å². The van der Waals surface area contributed by atoms with Gasteiger partial charge in [0.1, 0.15) is 0 Å². The number of carbonyl (C=O) groups excluding carboxylic acids is 1. The Morgan fingerprint density at radius 3 is 2.47 bits per heavy atom. The molecule has 1 aliphatic rings. The van der Waals surface area contributed by atoms with Crippen LogP contribution in [0.15, 0.2) is 24.3 Å². The topological polar surface area (TPSA) is 46.5 Å². The molecule has 0 heterocycles. The molecule has 0 radical (unpaired) electrons. The summed E-state index contributed by atoms with van der Waals surface area (Å²) in [6.07, 6.45) is 5.06. The zero-order valence-electron chi connectivity index (χ0n) is 11.7. The Bertz CT molecular complexity index is 449. The largest absolute Gasteiger partial charge is 0.467 e. The number of esters is 1. The summed E-state index contributed by atoms with van der Waals surface area (Å²) in [6.45, 7) is 1.92. The molecule has 19 heavy (non-hydrogen) atoms. The van der Waals surface area contributed by atoms with Crippen molar-refractivity contribution in [2.24, 2.45) is 5.92 Å². The monoisotopic (exact) mass is 262 g/mol. The average Bonchev–Trinajstić information content (AvgIpc) is 2.47. The van der Waals surface area contributed by atoms with E-state index in [1.54, 1.807) is 0 Å². The van der Waals surface area contributed by atoms with Crippen LogP contribution >= 0.6 is 0 Å². The van der Waals surface area contributed by atoms with E-state index in [0.717, 1.165) is 31.2 Å². The van der Waals surface area contributed by atoms with Crippen molar-refractivity contribution in [3.63, 3.8) is 0 Å². The van der Waals surface area contributed by atoms with Gasteiger partial charge in [-0.3, -0.25) is 0 Å². The molecule has 1 fully saturated rings. The molecule has 1 aromatic carbocycles. The Morgan fingerprint density at radius 2 is 1.89 bits per heavy atom. The quantitative estimate of drug-likeness (QED) is 0.852. The number of hydrogen-bond acceptors (Lipinski definition) is 3. The number of hydrogen-bond donors (Lipinski definition) is 1. The molecule has 0 spiro atoms. The molecule has 0 aromatic heterocycles. The zero-order valence-corrected chi connectivity index (χ0v) is 11.7.